The zero-order chi connectivity index (χ0) is 15.8. The highest BCUT2D eigenvalue weighted by molar-refractivity contribution is 5.36. The Hall–Kier alpha value is -0.890. The third-order valence-electron chi connectivity index (χ3n) is 5.17. The average molecular weight is 292 g/mol. The monoisotopic (exact) mass is 292 g/mol. The topological polar surface area (TPSA) is 20.2 Å². The summed E-state index contributed by atoms with van der Waals surface area (Å²) in [6.45, 7) is 10.6. The molecule has 0 spiro atoms. The molecular formula is C19H29FO. The van der Waals surface area contributed by atoms with Crippen molar-refractivity contribution < 1.29 is 9.50 Å². The molecule has 1 nitrogen and oxygen atoms in total. The molecule has 0 amide bonds. The predicted molar refractivity (Wildman–Crippen MR) is 85.8 cm³/mol. The van der Waals surface area contributed by atoms with Gasteiger partial charge in [-0.25, -0.2) is 4.39 Å². The Morgan fingerprint density at radius 1 is 1.14 bits per heavy atom. The van der Waals surface area contributed by atoms with Crippen LogP contribution in [-0.2, 0) is 5.60 Å². The van der Waals surface area contributed by atoms with Crippen LogP contribution in [0, 0.1) is 31.0 Å². The van der Waals surface area contributed by atoms with Crippen molar-refractivity contribution in [2.24, 2.45) is 11.3 Å². The van der Waals surface area contributed by atoms with E-state index < -0.39 is 5.60 Å². The van der Waals surface area contributed by atoms with Gasteiger partial charge >= 0.3 is 0 Å². The molecule has 118 valence electrons. The molecule has 21 heavy (non-hydrogen) atoms. The summed E-state index contributed by atoms with van der Waals surface area (Å²) in [7, 11) is 0. The van der Waals surface area contributed by atoms with Gasteiger partial charge in [-0.05, 0) is 74.5 Å². The first-order valence-electron chi connectivity index (χ1n) is 8.13. The second-order valence-electron chi connectivity index (χ2n) is 7.96. The van der Waals surface area contributed by atoms with E-state index in [1.807, 2.05) is 19.9 Å². The van der Waals surface area contributed by atoms with Gasteiger partial charge in [0.15, 0.2) is 0 Å². The van der Waals surface area contributed by atoms with Gasteiger partial charge in [-0.2, -0.15) is 0 Å². The second-order valence-corrected chi connectivity index (χ2v) is 7.96. The summed E-state index contributed by atoms with van der Waals surface area (Å²) in [5.41, 5.74) is 1.58. The van der Waals surface area contributed by atoms with Gasteiger partial charge in [0.1, 0.15) is 5.82 Å². The maximum Gasteiger partial charge on any atom is 0.129 e. The lowest BCUT2D eigenvalue weighted by atomic mass is 9.76. The van der Waals surface area contributed by atoms with Gasteiger partial charge in [-0.1, -0.05) is 26.8 Å². The molecule has 1 aliphatic carbocycles. The van der Waals surface area contributed by atoms with E-state index in [0.717, 1.165) is 30.4 Å². The Labute approximate surface area is 128 Å². The number of aryl methyl sites for hydroxylation is 2. The molecule has 0 heterocycles. The molecule has 0 aliphatic heterocycles. The molecule has 1 saturated carbocycles. The molecule has 1 aromatic rings. The van der Waals surface area contributed by atoms with Crippen molar-refractivity contribution in [1.29, 1.82) is 0 Å². The molecule has 0 saturated heterocycles. The molecule has 2 heteroatoms. The molecule has 1 aliphatic rings. The van der Waals surface area contributed by atoms with Gasteiger partial charge in [0, 0.05) is 5.56 Å². The van der Waals surface area contributed by atoms with E-state index in [2.05, 4.69) is 20.8 Å². The molecule has 2 unspecified atom stereocenters. The van der Waals surface area contributed by atoms with Crippen molar-refractivity contribution in [3.05, 3.63) is 34.6 Å². The SMILES string of the molecule is Cc1cc(C)c(C2(O)CCCC(C(C)(C)C)CC2)c(F)c1. The fourth-order valence-corrected chi connectivity index (χ4v) is 3.94. The largest absolute Gasteiger partial charge is 0.385 e. The number of rotatable bonds is 1. The number of halogens is 1. The van der Waals surface area contributed by atoms with Gasteiger partial charge in [-0.3, -0.25) is 0 Å². The predicted octanol–water partition coefficient (Wildman–Crippen LogP) is 5.26. The lowest BCUT2D eigenvalue weighted by Crippen LogP contribution is -2.28. The normalized spacial score (nSPS) is 27.5. The third kappa shape index (κ3) is 3.48. The quantitative estimate of drug-likeness (QED) is 0.700. The fraction of sp³-hybridized carbons (Fsp3) is 0.684. The zero-order valence-corrected chi connectivity index (χ0v) is 14.1. The first kappa shape index (κ1) is 16.5. The van der Waals surface area contributed by atoms with Crippen molar-refractivity contribution in [2.75, 3.05) is 0 Å². The first-order chi connectivity index (χ1) is 9.63. The number of aliphatic hydroxyl groups is 1. The van der Waals surface area contributed by atoms with E-state index in [-0.39, 0.29) is 11.2 Å². The van der Waals surface area contributed by atoms with Crippen LogP contribution < -0.4 is 0 Å². The number of benzene rings is 1. The van der Waals surface area contributed by atoms with Crippen LogP contribution >= 0.6 is 0 Å². The fourth-order valence-electron chi connectivity index (χ4n) is 3.94. The van der Waals surface area contributed by atoms with Crippen LogP contribution in [0.1, 0.15) is 69.6 Å². The molecule has 1 N–H and O–H groups in total. The van der Waals surface area contributed by atoms with E-state index in [1.54, 1.807) is 6.07 Å². The summed E-state index contributed by atoms with van der Waals surface area (Å²) in [6.07, 6.45) is 4.38. The Bertz CT molecular complexity index is 492. The molecule has 0 bridgehead atoms. The highest BCUT2D eigenvalue weighted by atomic mass is 19.1. The smallest absolute Gasteiger partial charge is 0.129 e. The minimum absolute atomic E-state index is 0.246. The lowest BCUT2D eigenvalue weighted by molar-refractivity contribution is 0.0140. The standard InChI is InChI=1S/C19H29FO/c1-13-11-14(2)17(16(20)12-13)19(21)9-6-7-15(8-10-19)18(3,4)5/h11-12,15,21H,6-10H2,1-5H3. The van der Waals surface area contributed by atoms with Crippen LogP contribution in [0.25, 0.3) is 0 Å². The summed E-state index contributed by atoms with van der Waals surface area (Å²) in [4.78, 5) is 0. The minimum Gasteiger partial charge on any atom is -0.385 e. The van der Waals surface area contributed by atoms with Gasteiger partial charge in [0.25, 0.3) is 0 Å². The van der Waals surface area contributed by atoms with Crippen LogP contribution in [0.5, 0.6) is 0 Å². The molecule has 2 atom stereocenters. The maximum atomic E-state index is 14.4. The van der Waals surface area contributed by atoms with Gasteiger partial charge < -0.3 is 5.11 Å². The highest BCUT2D eigenvalue weighted by Crippen LogP contribution is 2.44. The molecule has 0 aromatic heterocycles. The lowest BCUT2D eigenvalue weighted by Gasteiger charge is -2.32. The molecule has 2 rings (SSSR count). The highest BCUT2D eigenvalue weighted by Gasteiger charge is 2.38. The van der Waals surface area contributed by atoms with Crippen LogP contribution in [0.3, 0.4) is 0 Å². The molecule has 0 radical (unpaired) electrons. The van der Waals surface area contributed by atoms with Crippen LogP contribution in [-0.4, -0.2) is 5.11 Å². The third-order valence-corrected chi connectivity index (χ3v) is 5.17. The summed E-state index contributed by atoms with van der Waals surface area (Å²) in [5, 5.41) is 11.1. The van der Waals surface area contributed by atoms with E-state index in [0.29, 0.717) is 24.3 Å². The maximum absolute atomic E-state index is 14.4. The second kappa shape index (κ2) is 5.72. The van der Waals surface area contributed by atoms with Gasteiger partial charge in [0.2, 0.25) is 0 Å². The molecular weight excluding hydrogens is 263 g/mol. The van der Waals surface area contributed by atoms with Crippen molar-refractivity contribution >= 4 is 0 Å². The van der Waals surface area contributed by atoms with E-state index >= 15 is 0 Å². The molecule has 1 fully saturated rings. The first-order valence-corrected chi connectivity index (χ1v) is 8.13. The van der Waals surface area contributed by atoms with E-state index in [4.69, 9.17) is 0 Å². The van der Waals surface area contributed by atoms with E-state index in [1.165, 1.54) is 0 Å². The summed E-state index contributed by atoms with van der Waals surface area (Å²) >= 11 is 0. The summed E-state index contributed by atoms with van der Waals surface area (Å²) in [6, 6.07) is 3.52. The average Bonchev–Trinajstić information content (AvgIpc) is 2.49. The Morgan fingerprint density at radius 2 is 1.81 bits per heavy atom. The van der Waals surface area contributed by atoms with Crippen molar-refractivity contribution in [2.45, 2.75) is 72.3 Å². The van der Waals surface area contributed by atoms with Gasteiger partial charge in [-0.15, -0.1) is 0 Å². The van der Waals surface area contributed by atoms with E-state index in [9.17, 15) is 9.50 Å². The Kier molecular flexibility index (Phi) is 4.49. The van der Waals surface area contributed by atoms with Gasteiger partial charge in [0.05, 0.1) is 5.60 Å². The zero-order valence-electron chi connectivity index (χ0n) is 14.1. The molecule has 1 aromatic carbocycles. The van der Waals surface area contributed by atoms with Crippen LogP contribution in [0.2, 0.25) is 0 Å². The van der Waals surface area contributed by atoms with Crippen molar-refractivity contribution in [3.63, 3.8) is 0 Å². The number of hydrogen-bond donors (Lipinski definition) is 1. The summed E-state index contributed by atoms with van der Waals surface area (Å²) in [5.74, 6) is 0.351. The van der Waals surface area contributed by atoms with Crippen molar-refractivity contribution in [1.82, 2.24) is 0 Å². The minimum atomic E-state index is -0.998. The van der Waals surface area contributed by atoms with Crippen LogP contribution in [0.4, 0.5) is 4.39 Å². The van der Waals surface area contributed by atoms with Crippen LogP contribution in [0.15, 0.2) is 12.1 Å². The van der Waals surface area contributed by atoms with Crippen molar-refractivity contribution in [3.8, 4) is 0 Å². The Balaban J connectivity index is 2.32. The summed E-state index contributed by atoms with van der Waals surface area (Å²) < 4.78 is 14.4. The number of hydrogen-bond acceptors (Lipinski definition) is 1. The Morgan fingerprint density at radius 3 is 2.38 bits per heavy atom.